The van der Waals surface area contributed by atoms with Crippen LogP contribution in [0.2, 0.25) is 5.02 Å². The third-order valence-corrected chi connectivity index (χ3v) is 6.03. The van der Waals surface area contributed by atoms with Crippen LogP contribution >= 0.6 is 22.9 Å². The van der Waals surface area contributed by atoms with Crippen LogP contribution in [0.25, 0.3) is 21.8 Å². The Bertz CT molecular complexity index is 1150. The van der Waals surface area contributed by atoms with Crippen molar-refractivity contribution in [3.8, 4) is 27.6 Å². The van der Waals surface area contributed by atoms with Crippen molar-refractivity contribution in [3.05, 3.63) is 52.9 Å². The topological polar surface area (TPSA) is 78.0 Å². The van der Waals surface area contributed by atoms with Gasteiger partial charge in [-0.2, -0.15) is 0 Å². The fourth-order valence-corrected chi connectivity index (χ4v) is 4.51. The van der Waals surface area contributed by atoms with Crippen LogP contribution in [0, 0.1) is 0 Å². The molecule has 0 N–H and O–H groups in total. The van der Waals surface area contributed by atoms with Gasteiger partial charge in [0.25, 0.3) is 5.91 Å². The number of nitrogens with zero attached hydrogens (tertiary/aromatic N) is 2. The van der Waals surface area contributed by atoms with Crippen molar-refractivity contribution in [2.24, 2.45) is 0 Å². The minimum absolute atomic E-state index is 0.138. The zero-order valence-electron chi connectivity index (χ0n) is 17.5. The first kappa shape index (κ1) is 22.3. The Hall–Kier alpha value is -2.94. The lowest BCUT2D eigenvalue weighted by atomic mass is 10.1. The molecule has 0 bridgehead atoms. The Labute approximate surface area is 194 Å². The third-order valence-electron chi connectivity index (χ3n) is 4.83. The molecular formula is C23H21ClN2O5S. The number of esters is 1. The molecule has 9 heteroatoms. The predicted octanol–water partition coefficient (Wildman–Crippen LogP) is 4.43. The highest BCUT2D eigenvalue weighted by atomic mass is 35.5. The maximum atomic E-state index is 12.5. The van der Waals surface area contributed by atoms with Crippen molar-refractivity contribution in [3.63, 3.8) is 0 Å². The molecule has 7 nitrogen and oxygen atoms in total. The second-order valence-electron chi connectivity index (χ2n) is 7.22. The van der Waals surface area contributed by atoms with Crippen molar-refractivity contribution >= 4 is 40.5 Å². The number of hydrogen-bond acceptors (Lipinski definition) is 7. The number of anilines is 1. The molecule has 1 aromatic heterocycles. The summed E-state index contributed by atoms with van der Waals surface area (Å²) in [6, 6.07) is 13.0. The molecule has 2 aromatic carbocycles. The third kappa shape index (κ3) is 4.77. The summed E-state index contributed by atoms with van der Waals surface area (Å²) in [7, 11) is 1.53. The second kappa shape index (κ2) is 9.68. The van der Waals surface area contributed by atoms with Crippen LogP contribution in [-0.4, -0.2) is 49.8 Å². The molecule has 0 fully saturated rings. The average Bonchev–Trinajstić information content (AvgIpc) is 3.26. The highest BCUT2D eigenvalue weighted by Gasteiger charge is 2.29. The highest BCUT2D eigenvalue weighted by molar-refractivity contribution is 7.13. The highest BCUT2D eigenvalue weighted by Crippen LogP contribution is 2.38. The number of methoxy groups -OCH3 is 1. The van der Waals surface area contributed by atoms with E-state index < -0.39 is 12.1 Å². The number of aromatic nitrogens is 1. The van der Waals surface area contributed by atoms with E-state index >= 15 is 0 Å². The minimum atomic E-state index is -0.518. The molecule has 0 saturated heterocycles. The number of hydrogen-bond donors (Lipinski definition) is 0. The molecule has 0 radical (unpaired) electrons. The average molecular weight is 473 g/mol. The predicted molar refractivity (Wildman–Crippen MR) is 123 cm³/mol. The number of carbonyl (C=O) groups excluding carboxylic acids is 2. The van der Waals surface area contributed by atoms with E-state index in [0.717, 1.165) is 21.8 Å². The van der Waals surface area contributed by atoms with E-state index in [1.54, 1.807) is 19.1 Å². The molecule has 166 valence electrons. The molecule has 0 spiro atoms. The van der Waals surface area contributed by atoms with Crippen LogP contribution in [-0.2, 0) is 19.1 Å². The summed E-state index contributed by atoms with van der Waals surface area (Å²) in [6.45, 7) is 1.66. The summed E-state index contributed by atoms with van der Waals surface area (Å²) in [5, 5.41) is 3.35. The lowest BCUT2D eigenvalue weighted by Crippen LogP contribution is -2.43. The molecule has 1 unspecified atom stereocenters. The quantitative estimate of drug-likeness (QED) is 0.473. The maximum absolute atomic E-state index is 12.5. The van der Waals surface area contributed by atoms with Gasteiger partial charge in [0.1, 0.15) is 23.4 Å². The summed E-state index contributed by atoms with van der Waals surface area (Å²) in [5.74, 6) is -0.315. The Balaban J connectivity index is 1.60. The van der Waals surface area contributed by atoms with E-state index in [2.05, 4.69) is 0 Å². The molecule has 3 aromatic rings. The summed E-state index contributed by atoms with van der Waals surface area (Å²) in [4.78, 5) is 31.0. The molecule has 0 saturated carbocycles. The van der Waals surface area contributed by atoms with Gasteiger partial charge >= 0.3 is 5.97 Å². The lowest BCUT2D eigenvalue weighted by molar-refractivity contribution is -0.149. The van der Waals surface area contributed by atoms with Crippen molar-refractivity contribution < 1.29 is 23.8 Å². The number of carbonyl (C=O) groups is 2. The van der Waals surface area contributed by atoms with E-state index in [1.165, 1.54) is 23.3 Å². The van der Waals surface area contributed by atoms with Crippen molar-refractivity contribution in [2.45, 2.75) is 13.0 Å². The molecule has 4 rings (SSSR count). The first-order valence-corrected chi connectivity index (χ1v) is 11.2. The van der Waals surface area contributed by atoms with Gasteiger partial charge in [-0.25, -0.2) is 4.98 Å². The normalized spacial score (nSPS) is 14.0. The monoisotopic (exact) mass is 472 g/mol. The zero-order chi connectivity index (χ0) is 22.7. The van der Waals surface area contributed by atoms with Crippen molar-refractivity contribution in [2.75, 3.05) is 31.8 Å². The van der Waals surface area contributed by atoms with Gasteiger partial charge in [-0.15, -0.1) is 11.3 Å². The van der Waals surface area contributed by atoms with Gasteiger partial charge in [-0.3, -0.25) is 14.5 Å². The number of ether oxygens (including phenoxy) is 3. The number of benzene rings is 2. The van der Waals surface area contributed by atoms with Gasteiger partial charge in [-0.1, -0.05) is 29.8 Å². The van der Waals surface area contributed by atoms with Crippen molar-refractivity contribution in [1.29, 1.82) is 0 Å². The Morgan fingerprint density at radius 2 is 2.12 bits per heavy atom. The Morgan fingerprint density at radius 1 is 1.31 bits per heavy atom. The number of thiazole rings is 1. The lowest BCUT2D eigenvalue weighted by Gasteiger charge is -2.29. The van der Waals surface area contributed by atoms with Crippen LogP contribution in [0.5, 0.6) is 5.75 Å². The Kier molecular flexibility index (Phi) is 6.74. The van der Waals surface area contributed by atoms with E-state index in [-0.39, 0.29) is 25.7 Å². The SMILES string of the molecule is COCC(C)OC(=O)CN1C(=O)COc2ccc(-c3csc(-c4ccccc4Cl)n3)cc21. The van der Waals surface area contributed by atoms with Crippen LogP contribution in [0.4, 0.5) is 5.69 Å². The zero-order valence-corrected chi connectivity index (χ0v) is 19.1. The van der Waals surface area contributed by atoms with Gasteiger partial charge in [0, 0.05) is 23.6 Å². The largest absolute Gasteiger partial charge is 0.482 e. The first-order valence-electron chi connectivity index (χ1n) is 9.92. The molecule has 1 atom stereocenters. The maximum Gasteiger partial charge on any atom is 0.326 e. The number of fused-ring (bicyclic) bond motifs is 1. The van der Waals surface area contributed by atoms with Crippen LogP contribution < -0.4 is 9.64 Å². The van der Waals surface area contributed by atoms with Crippen LogP contribution in [0.15, 0.2) is 47.8 Å². The van der Waals surface area contributed by atoms with Gasteiger partial charge in [0.05, 0.1) is 23.0 Å². The van der Waals surface area contributed by atoms with Crippen LogP contribution in [0.1, 0.15) is 6.92 Å². The molecule has 0 aliphatic carbocycles. The molecule has 1 amide bonds. The van der Waals surface area contributed by atoms with E-state index in [0.29, 0.717) is 16.5 Å². The molecule has 1 aliphatic rings. The second-order valence-corrected chi connectivity index (χ2v) is 8.49. The van der Waals surface area contributed by atoms with Gasteiger partial charge < -0.3 is 14.2 Å². The number of amides is 1. The van der Waals surface area contributed by atoms with Crippen LogP contribution in [0.3, 0.4) is 0 Å². The fourth-order valence-electron chi connectivity index (χ4n) is 3.36. The summed E-state index contributed by atoms with van der Waals surface area (Å²) in [5.41, 5.74) is 2.89. The van der Waals surface area contributed by atoms with Gasteiger partial charge in [-0.05, 0) is 31.2 Å². The molecule has 1 aliphatic heterocycles. The van der Waals surface area contributed by atoms with E-state index in [1.807, 2.05) is 35.7 Å². The van der Waals surface area contributed by atoms with Gasteiger partial charge in [0.2, 0.25) is 0 Å². The summed E-state index contributed by atoms with van der Waals surface area (Å²) >= 11 is 7.78. The fraction of sp³-hybridized carbons (Fsp3) is 0.261. The smallest absolute Gasteiger partial charge is 0.326 e. The van der Waals surface area contributed by atoms with Gasteiger partial charge in [0.15, 0.2) is 6.61 Å². The molecule has 32 heavy (non-hydrogen) atoms. The molecular weight excluding hydrogens is 452 g/mol. The van der Waals surface area contributed by atoms with Crippen molar-refractivity contribution in [1.82, 2.24) is 4.98 Å². The number of rotatable bonds is 7. The van der Waals surface area contributed by atoms with E-state index in [4.69, 9.17) is 30.8 Å². The van der Waals surface area contributed by atoms with E-state index in [9.17, 15) is 9.59 Å². The first-order chi connectivity index (χ1) is 15.5. The minimum Gasteiger partial charge on any atom is -0.482 e. The summed E-state index contributed by atoms with van der Waals surface area (Å²) < 4.78 is 15.8. The molecule has 2 heterocycles. The number of halogens is 1. The summed E-state index contributed by atoms with van der Waals surface area (Å²) in [6.07, 6.45) is -0.410. The Morgan fingerprint density at radius 3 is 2.91 bits per heavy atom. The standard InChI is InChI=1S/C23H21ClN2O5S/c1-14(11-29-2)31-22(28)10-26-19-9-15(7-8-20(19)30-12-21(26)27)18-13-32-23(25-18)16-5-3-4-6-17(16)24/h3-9,13-14H,10-12H2,1-2H3.